The lowest BCUT2D eigenvalue weighted by atomic mass is 10.0. The summed E-state index contributed by atoms with van der Waals surface area (Å²) in [6, 6.07) is 16.5. The van der Waals surface area contributed by atoms with E-state index in [4.69, 9.17) is 0 Å². The molecule has 6 heteroatoms. The van der Waals surface area contributed by atoms with Gasteiger partial charge in [-0.3, -0.25) is 0 Å². The summed E-state index contributed by atoms with van der Waals surface area (Å²) in [5.41, 5.74) is 1.48. The number of aryl methyl sites for hydroxylation is 1. The van der Waals surface area contributed by atoms with Gasteiger partial charge in [0.1, 0.15) is 11.5 Å². The molecule has 1 aromatic heterocycles. The number of anilines is 2. The SMILES string of the molecule is Cc1cccc(N2CCCC(Nc3nc(C(F)(F)F)cc4ccccc34)C2)c1. The second kappa shape index (κ2) is 7.34. The maximum atomic E-state index is 13.3. The first-order chi connectivity index (χ1) is 13.4. The molecule has 1 unspecified atom stereocenters. The summed E-state index contributed by atoms with van der Waals surface area (Å²) in [5, 5.41) is 4.55. The van der Waals surface area contributed by atoms with Crippen LogP contribution >= 0.6 is 0 Å². The van der Waals surface area contributed by atoms with Crippen LogP contribution in [0.4, 0.5) is 24.7 Å². The van der Waals surface area contributed by atoms with Crippen LogP contribution < -0.4 is 10.2 Å². The minimum Gasteiger partial charge on any atom is -0.369 e. The van der Waals surface area contributed by atoms with Crippen molar-refractivity contribution in [1.82, 2.24) is 4.98 Å². The number of hydrogen-bond donors (Lipinski definition) is 1. The van der Waals surface area contributed by atoms with Crippen LogP contribution in [0.2, 0.25) is 0 Å². The van der Waals surface area contributed by atoms with E-state index in [2.05, 4.69) is 40.3 Å². The molecule has 3 nitrogen and oxygen atoms in total. The Labute approximate surface area is 162 Å². The molecule has 1 atom stereocenters. The van der Waals surface area contributed by atoms with E-state index in [-0.39, 0.29) is 6.04 Å². The summed E-state index contributed by atoms with van der Waals surface area (Å²) in [6.07, 6.45) is -2.60. The van der Waals surface area contributed by atoms with Gasteiger partial charge in [0.25, 0.3) is 0 Å². The summed E-state index contributed by atoms with van der Waals surface area (Å²) in [6.45, 7) is 3.73. The van der Waals surface area contributed by atoms with Gasteiger partial charge in [-0.25, -0.2) is 4.98 Å². The van der Waals surface area contributed by atoms with E-state index in [1.165, 1.54) is 5.56 Å². The fourth-order valence-corrected chi connectivity index (χ4v) is 3.80. The van der Waals surface area contributed by atoms with Crippen molar-refractivity contribution in [3.05, 3.63) is 65.9 Å². The van der Waals surface area contributed by atoms with Crippen molar-refractivity contribution in [3.8, 4) is 0 Å². The molecule has 2 aromatic carbocycles. The Kier molecular flexibility index (Phi) is 4.87. The number of hydrogen-bond acceptors (Lipinski definition) is 3. The third-order valence-electron chi connectivity index (χ3n) is 5.16. The molecule has 3 aromatic rings. The first-order valence-electron chi connectivity index (χ1n) is 9.45. The van der Waals surface area contributed by atoms with Crippen LogP contribution in [-0.4, -0.2) is 24.1 Å². The zero-order chi connectivity index (χ0) is 19.7. The summed E-state index contributed by atoms with van der Waals surface area (Å²) >= 11 is 0. The number of nitrogens with one attached hydrogen (secondary N) is 1. The Morgan fingerprint density at radius 2 is 1.89 bits per heavy atom. The molecule has 0 bridgehead atoms. The fraction of sp³-hybridized carbons (Fsp3) is 0.318. The topological polar surface area (TPSA) is 28.2 Å². The van der Waals surface area contributed by atoms with E-state index >= 15 is 0 Å². The number of aromatic nitrogens is 1. The fourth-order valence-electron chi connectivity index (χ4n) is 3.80. The van der Waals surface area contributed by atoms with Gasteiger partial charge in [-0.1, -0.05) is 36.4 Å². The molecule has 1 saturated heterocycles. The van der Waals surface area contributed by atoms with E-state index in [0.717, 1.165) is 37.7 Å². The smallest absolute Gasteiger partial charge is 0.369 e. The highest BCUT2D eigenvalue weighted by atomic mass is 19.4. The third kappa shape index (κ3) is 3.91. The number of alkyl halides is 3. The van der Waals surface area contributed by atoms with Gasteiger partial charge in [0, 0.05) is 30.2 Å². The molecule has 0 amide bonds. The molecule has 4 rings (SSSR count). The Balaban J connectivity index is 1.62. The van der Waals surface area contributed by atoms with E-state index in [1.54, 1.807) is 12.1 Å². The van der Waals surface area contributed by atoms with Crippen molar-refractivity contribution >= 4 is 22.3 Å². The quantitative estimate of drug-likeness (QED) is 0.632. The average Bonchev–Trinajstić information content (AvgIpc) is 2.67. The lowest BCUT2D eigenvalue weighted by molar-refractivity contribution is -0.141. The normalized spacial score (nSPS) is 17.7. The highest BCUT2D eigenvalue weighted by Crippen LogP contribution is 2.33. The Hall–Kier alpha value is -2.76. The van der Waals surface area contributed by atoms with Gasteiger partial charge in [-0.2, -0.15) is 13.2 Å². The van der Waals surface area contributed by atoms with Crippen LogP contribution in [0.3, 0.4) is 0 Å². The predicted molar refractivity (Wildman–Crippen MR) is 107 cm³/mol. The molecule has 28 heavy (non-hydrogen) atoms. The summed E-state index contributed by atoms with van der Waals surface area (Å²) in [7, 11) is 0. The van der Waals surface area contributed by atoms with Crippen LogP contribution in [0.25, 0.3) is 10.8 Å². The van der Waals surface area contributed by atoms with E-state index in [1.807, 2.05) is 18.2 Å². The average molecular weight is 385 g/mol. The zero-order valence-corrected chi connectivity index (χ0v) is 15.6. The number of halogens is 3. The van der Waals surface area contributed by atoms with Gasteiger partial charge in [-0.05, 0) is 48.9 Å². The maximum absolute atomic E-state index is 13.3. The van der Waals surface area contributed by atoms with E-state index < -0.39 is 11.9 Å². The maximum Gasteiger partial charge on any atom is 0.433 e. The van der Waals surface area contributed by atoms with Gasteiger partial charge in [0.15, 0.2) is 0 Å². The first-order valence-corrected chi connectivity index (χ1v) is 9.45. The number of benzene rings is 2. The molecular weight excluding hydrogens is 363 g/mol. The van der Waals surface area contributed by atoms with Crippen molar-refractivity contribution in [2.75, 3.05) is 23.3 Å². The van der Waals surface area contributed by atoms with Gasteiger partial charge in [-0.15, -0.1) is 0 Å². The lowest BCUT2D eigenvalue weighted by Gasteiger charge is -2.35. The monoisotopic (exact) mass is 385 g/mol. The Bertz CT molecular complexity index is 984. The Morgan fingerprint density at radius 3 is 2.68 bits per heavy atom. The van der Waals surface area contributed by atoms with Gasteiger partial charge in [0.2, 0.25) is 0 Å². The van der Waals surface area contributed by atoms with Crippen LogP contribution in [0.5, 0.6) is 0 Å². The van der Waals surface area contributed by atoms with Crippen molar-refractivity contribution in [2.45, 2.75) is 32.0 Å². The van der Waals surface area contributed by atoms with Crippen LogP contribution in [0, 0.1) is 6.92 Å². The second-order valence-corrected chi connectivity index (χ2v) is 7.34. The number of fused-ring (bicyclic) bond motifs is 1. The van der Waals surface area contributed by atoms with Crippen molar-refractivity contribution in [2.24, 2.45) is 0 Å². The second-order valence-electron chi connectivity index (χ2n) is 7.34. The molecule has 1 fully saturated rings. The summed E-state index contributed by atoms with van der Waals surface area (Å²) < 4.78 is 39.9. The lowest BCUT2D eigenvalue weighted by Crippen LogP contribution is -2.42. The largest absolute Gasteiger partial charge is 0.433 e. The van der Waals surface area contributed by atoms with Crippen LogP contribution in [-0.2, 0) is 6.18 Å². The first kappa shape index (κ1) is 18.6. The van der Waals surface area contributed by atoms with Crippen molar-refractivity contribution < 1.29 is 13.2 Å². The minimum absolute atomic E-state index is 0.0358. The minimum atomic E-state index is -4.47. The molecule has 0 saturated carbocycles. The molecule has 0 spiro atoms. The molecule has 1 aliphatic heterocycles. The highest BCUT2D eigenvalue weighted by molar-refractivity contribution is 5.92. The third-order valence-corrected chi connectivity index (χ3v) is 5.16. The summed E-state index contributed by atoms with van der Waals surface area (Å²) in [4.78, 5) is 6.21. The number of rotatable bonds is 3. The van der Waals surface area contributed by atoms with Crippen LogP contribution in [0.15, 0.2) is 54.6 Å². The molecule has 0 radical (unpaired) electrons. The highest BCUT2D eigenvalue weighted by Gasteiger charge is 2.33. The van der Waals surface area contributed by atoms with E-state index in [9.17, 15) is 13.2 Å². The zero-order valence-electron chi connectivity index (χ0n) is 15.6. The van der Waals surface area contributed by atoms with Crippen LogP contribution in [0.1, 0.15) is 24.1 Å². The van der Waals surface area contributed by atoms with Gasteiger partial charge in [0.05, 0.1) is 0 Å². The molecule has 1 N–H and O–H groups in total. The molecule has 0 aliphatic carbocycles. The molecule has 146 valence electrons. The van der Waals surface area contributed by atoms with Crippen molar-refractivity contribution in [1.29, 1.82) is 0 Å². The standard InChI is InChI=1S/C22H22F3N3/c1-15-6-4-9-18(12-15)28-11-5-8-17(14-28)26-21-19-10-3-2-7-16(19)13-20(27-21)22(23,24)25/h2-4,6-7,9-10,12-13,17H,5,8,11,14H2,1H3,(H,26,27). The number of pyridine rings is 1. The number of nitrogens with zero attached hydrogens (tertiary/aromatic N) is 2. The molecular formula is C22H22F3N3. The molecule has 1 aliphatic rings. The van der Waals surface area contributed by atoms with Crippen molar-refractivity contribution in [3.63, 3.8) is 0 Å². The Morgan fingerprint density at radius 1 is 1.07 bits per heavy atom. The predicted octanol–water partition coefficient (Wildman–Crippen LogP) is 5.64. The summed E-state index contributed by atoms with van der Waals surface area (Å²) in [5.74, 6) is 0.307. The molecule has 2 heterocycles. The van der Waals surface area contributed by atoms with E-state index in [0.29, 0.717) is 16.6 Å². The van der Waals surface area contributed by atoms with Gasteiger partial charge >= 0.3 is 6.18 Å². The van der Waals surface area contributed by atoms with Gasteiger partial charge < -0.3 is 10.2 Å². The number of piperidine rings is 1.